The molecule has 0 bridgehead atoms. The van der Waals surface area contributed by atoms with Gasteiger partial charge in [0, 0.05) is 4.88 Å². The van der Waals surface area contributed by atoms with Crippen molar-refractivity contribution >= 4 is 11.3 Å². The van der Waals surface area contributed by atoms with Gasteiger partial charge in [-0.1, -0.05) is 13.3 Å². The zero-order valence-electron chi connectivity index (χ0n) is 6.90. The summed E-state index contributed by atoms with van der Waals surface area (Å²) >= 11 is 1.87. The van der Waals surface area contributed by atoms with Gasteiger partial charge in [0.05, 0.1) is 0 Å². The largest absolute Gasteiger partial charge is 0.149 e. The highest BCUT2D eigenvalue weighted by Crippen LogP contribution is 2.21. The molecule has 1 aromatic heterocycles. The molecular weight excluding hydrogens is 140 g/mol. The average Bonchev–Trinajstić information content (AvgIpc) is 2.20. The lowest BCUT2D eigenvalue weighted by atomic mass is 10.1. The first-order valence-electron chi connectivity index (χ1n) is 3.79. The molecule has 0 atom stereocenters. The summed E-state index contributed by atoms with van der Waals surface area (Å²) in [5, 5.41) is 2.29. The van der Waals surface area contributed by atoms with Gasteiger partial charge in [0.15, 0.2) is 0 Å². The van der Waals surface area contributed by atoms with Gasteiger partial charge >= 0.3 is 0 Å². The summed E-state index contributed by atoms with van der Waals surface area (Å²) in [4.78, 5) is 1.48. The van der Waals surface area contributed by atoms with Crippen molar-refractivity contribution in [3.63, 3.8) is 0 Å². The molecule has 0 nitrogen and oxygen atoms in total. The summed E-state index contributed by atoms with van der Waals surface area (Å²) in [5.41, 5.74) is 3.05. The van der Waals surface area contributed by atoms with Gasteiger partial charge in [-0.2, -0.15) is 0 Å². The smallest absolute Gasteiger partial charge is 0.00462 e. The Morgan fingerprint density at radius 3 is 2.50 bits per heavy atom. The van der Waals surface area contributed by atoms with E-state index < -0.39 is 0 Å². The summed E-state index contributed by atoms with van der Waals surface area (Å²) in [7, 11) is 0. The van der Waals surface area contributed by atoms with Gasteiger partial charge in [0.25, 0.3) is 0 Å². The van der Waals surface area contributed by atoms with Crippen molar-refractivity contribution in [2.75, 3.05) is 0 Å². The normalized spacial score (nSPS) is 10.3. The van der Waals surface area contributed by atoms with Crippen molar-refractivity contribution in [1.29, 1.82) is 0 Å². The molecule has 1 aromatic rings. The SMILES string of the molecule is CCCc1csc(C)c1C. The van der Waals surface area contributed by atoms with Crippen LogP contribution in [-0.4, -0.2) is 0 Å². The highest BCUT2D eigenvalue weighted by Gasteiger charge is 2.00. The molecule has 0 fully saturated rings. The molecule has 10 heavy (non-hydrogen) atoms. The molecule has 1 heteroatoms. The van der Waals surface area contributed by atoms with Crippen LogP contribution in [0.3, 0.4) is 0 Å². The zero-order chi connectivity index (χ0) is 7.56. The van der Waals surface area contributed by atoms with Crippen molar-refractivity contribution in [3.8, 4) is 0 Å². The van der Waals surface area contributed by atoms with Crippen LogP contribution in [0.2, 0.25) is 0 Å². The van der Waals surface area contributed by atoms with Gasteiger partial charge in [-0.05, 0) is 36.8 Å². The minimum atomic E-state index is 1.25. The Hall–Kier alpha value is -0.300. The maximum Gasteiger partial charge on any atom is 0.00462 e. The third-order valence-corrected chi connectivity index (χ3v) is 2.97. The molecule has 0 radical (unpaired) electrons. The van der Waals surface area contributed by atoms with Crippen LogP contribution in [0.1, 0.15) is 29.3 Å². The first-order valence-corrected chi connectivity index (χ1v) is 4.67. The highest BCUT2D eigenvalue weighted by molar-refractivity contribution is 7.10. The summed E-state index contributed by atoms with van der Waals surface area (Å²) in [6.07, 6.45) is 2.51. The number of hydrogen-bond acceptors (Lipinski definition) is 1. The van der Waals surface area contributed by atoms with E-state index in [1.54, 1.807) is 5.56 Å². The van der Waals surface area contributed by atoms with Crippen LogP contribution < -0.4 is 0 Å². The Morgan fingerprint density at radius 1 is 1.40 bits per heavy atom. The lowest BCUT2D eigenvalue weighted by Crippen LogP contribution is -1.82. The molecule has 0 spiro atoms. The molecule has 0 saturated heterocycles. The predicted molar refractivity (Wildman–Crippen MR) is 47.8 cm³/mol. The lowest BCUT2D eigenvalue weighted by Gasteiger charge is -1.95. The van der Waals surface area contributed by atoms with Crippen LogP contribution >= 0.6 is 11.3 Å². The van der Waals surface area contributed by atoms with E-state index >= 15 is 0 Å². The molecule has 0 unspecified atom stereocenters. The van der Waals surface area contributed by atoms with E-state index in [9.17, 15) is 0 Å². The van der Waals surface area contributed by atoms with Gasteiger partial charge in [-0.15, -0.1) is 11.3 Å². The number of aryl methyl sites for hydroxylation is 2. The summed E-state index contributed by atoms with van der Waals surface area (Å²) in [6.45, 7) is 6.64. The topological polar surface area (TPSA) is 0 Å². The maximum atomic E-state index is 2.29. The van der Waals surface area contributed by atoms with E-state index in [-0.39, 0.29) is 0 Å². The van der Waals surface area contributed by atoms with Gasteiger partial charge in [-0.3, -0.25) is 0 Å². The first-order chi connectivity index (χ1) is 4.75. The molecule has 56 valence electrons. The molecule has 1 rings (SSSR count). The van der Waals surface area contributed by atoms with Crippen molar-refractivity contribution < 1.29 is 0 Å². The predicted octanol–water partition coefficient (Wildman–Crippen LogP) is 3.32. The van der Waals surface area contributed by atoms with Crippen molar-refractivity contribution in [2.24, 2.45) is 0 Å². The summed E-state index contributed by atoms with van der Waals surface area (Å²) < 4.78 is 0. The molecular formula is C9H14S. The van der Waals surface area contributed by atoms with Crippen LogP contribution in [0.5, 0.6) is 0 Å². The fourth-order valence-corrected chi connectivity index (χ4v) is 2.00. The minimum absolute atomic E-state index is 1.25. The third kappa shape index (κ3) is 1.40. The Bertz CT molecular complexity index is 211. The second-order valence-corrected chi connectivity index (χ2v) is 3.78. The van der Waals surface area contributed by atoms with Crippen LogP contribution in [-0.2, 0) is 6.42 Å². The van der Waals surface area contributed by atoms with Gasteiger partial charge < -0.3 is 0 Å². The molecule has 0 aliphatic rings. The van der Waals surface area contributed by atoms with Crippen LogP contribution in [0.15, 0.2) is 5.38 Å². The van der Waals surface area contributed by atoms with Crippen LogP contribution in [0.25, 0.3) is 0 Å². The first kappa shape index (κ1) is 7.80. The molecule has 0 aromatic carbocycles. The summed E-state index contributed by atoms with van der Waals surface area (Å²) in [6, 6.07) is 0. The Labute approximate surface area is 66.9 Å². The molecule has 0 aliphatic heterocycles. The number of rotatable bonds is 2. The highest BCUT2D eigenvalue weighted by atomic mass is 32.1. The minimum Gasteiger partial charge on any atom is -0.149 e. The number of thiophene rings is 1. The lowest BCUT2D eigenvalue weighted by molar-refractivity contribution is 0.917. The van der Waals surface area contributed by atoms with E-state index in [0.29, 0.717) is 0 Å². The third-order valence-electron chi connectivity index (χ3n) is 1.91. The van der Waals surface area contributed by atoms with Crippen molar-refractivity contribution in [3.05, 3.63) is 21.4 Å². The zero-order valence-corrected chi connectivity index (χ0v) is 7.72. The van der Waals surface area contributed by atoms with Crippen molar-refractivity contribution in [2.45, 2.75) is 33.6 Å². The number of hydrogen-bond donors (Lipinski definition) is 0. The van der Waals surface area contributed by atoms with E-state index in [0.717, 1.165) is 0 Å². The second kappa shape index (κ2) is 3.20. The fraction of sp³-hybridized carbons (Fsp3) is 0.556. The molecule has 0 aliphatic carbocycles. The monoisotopic (exact) mass is 154 g/mol. The molecule has 0 N–H and O–H groups in total. The van der Waals surface area contributed by atoms with Crippen molar-refractivity contribution in [1.82, 2.24) is 0 Å². The van der Waals surface area contributed by atoms with E-state index in [1.807, 2.05) is 11.3 Å². The van der Waals surface area contributed by atoms with Gasteiger partial charge in [0.2, 0.25) is 0 Å². The fourth-order valence-electron chi connectivity index (χ4n) is 1.08. The maximum absolute atomic E-state index is 2.29. The second-order valence-electron chi connectivity index (χ2n) is 2.69. The Kier molecular flexibility index (Phi) is 2.50. The molecule has 0 saturated carbocycles. The Morgan fingerprint density at radius 2 is 2.10 bits per heavy atom. The Balaban J connectivity index is 2.83. The van der Waals surface area contributed by atoms with E-state index in [1.165, 1.54) is 23.3 Å². The van der Waals surface area contributed by atoms with Crippen LogP contribution in [0.4, 0.5) is 0 Å². The average molecular weight is 154 g/mol. The summed E-state index contributed by atoms with van der Waals surface area (Å²) in [5.74, 6) is 0. The van der Waals surface area contributed by atoms with E-state index in [2.05, 4.69) is 26.2 Å². The standard InChI is InChI=1S/C9H14S/c1-4-5-9-6-10-8(3)7(9)2/h6H,4-5H2,1-3H3. The van der Waals surface area contributed by atoms with Crippen LogP contribution in [0, 0.1) is 13.8 Å². The van der Waals surface area contributed by atoms with E-state index in [4.69, 9.17) is 0 Å². The van der Waals surface area contributed by atoms with Gasteiger partial charge in [-0.25, -0.2) is 0 Å². The molecule has 0 amide bonds. The quantitative estimate of drug-likeness (QED) is 0.613. The molecule has 1 heterocycles. The van der Waals surface area contributed by atoms with Gasteiger partial charge in [0.1, 0.15) is 0 Å².